The molecule has 0 atom stereocenters. The van der Waals surface area contributed by atoms with Crippen molar-refractivity contribution in [3.8, 4) is 0 Å². The van der Waals surface area contributed by atoms with Crippen LogP contribution in [0.5, 0.6) is 0 Å². The minimum atomic E-state index is 0. The minimum absolute atomic E-state index is 0. The molecule has 7 heteroatoms. The third-order valence-electron chi connectivity index (χ3n) is 2.02. The molecule has 0 amide bonds. The second-order valence-corrected chi connectivity index (χ2v) is 6.90. The SMILES string of the molecule is C[C](C)=[Zr+2].Cl.Cl.OCCOC1=[C-]CC=C1.OCCOC1=[C-]CC=C1. The van der Waals surface area contributed by atoms with Gasteiger partial charge in [-0.2, -0.15) is 24.3 Å². The number of halogens is 2. The van der Waals surface area contributed by atoms with Crippen molar-refractivity contribution in [1.82, 2.24) is 0 Å². The van der Waals surface area contributed by atoms with E-state index in [9.17, 15) is 0 Å². The van der Waals surface area contributed by atoms with Gasteiger partial charge in [-0.15, -0.1) is 37.7 Å². The van der Waals surface area contributed by atoms with Gasteiger partial charge in [0.2, 0.25) is 0 Å². The zero-order valence-electron chi connectivity index (χ0n) is 14.1. The Morgan fingerprint density at radius 1 is 0.958 bits per heavy atom. The molecule has 136 valence electrons. The average Bonchev–Trinajstić information content (AvgIpc) is 3.16. The van der Waals surface area contributed by atoms with Crippen LogP contribution in [0.4, 0.5) is 0 Å². The Morgan fingerprint density at radius 3 is 1.50 bits per heavy atom. The molecular formula is C17H26Cl2O4Zr. The smallest absolute Gasteiger partial charge is 0.107 e. The molecule has 0 saturated carbocycles. The van der Waals surface area contributed by atoms with Crippen LogP contribution in [0.25, 0.3) is 0 Å². The van der Waals surface area contributed by atoms with Crippen molar-refractivity contribution in [2.75, 3.05) is 26.4 Å². The largest absolute Gasteiger partial charge is 0.529 e. The minimum Gasteiger partial charge on any atom is -0.529 e. The fourth-order valence-corrected chi connectivity index (χ4v) is 1.28. The molecule has 24 heavy (non-hydrogen) atoms. The predicted octanol–water partition coefficient (Wildman–Crippen LogP) is 2.87. The summed E-state index contributed by atoms with van der Waals surface area (Å²) in [5.74, 6) is 1.51. The van der Waals surface area contributed by atoms with Crippen LogP contribution >= 0.6 is 24.8 Å². The maximum atomic E-state index is 8.34. The third-order valence-corrected chi connectivity index (χ3v) is 2.02. The summed E-state index contributed by atoms with van der Waals surface area (Å²) in [6, 6.07) is 0. The van der Waals surface area contributed by atoms with E-state index in [1.807, 2.05) is 24.3 Å². The molecular weight excluding hydrogens is 430 g/mol. The van der Waals surface area contributed by atoms with Crippen molar-refractivity contribution in [2.24, 2.45) is 0 Å². The van der Waals surface area contributed by atoms with E-state index >= 15 is 0 Å². The van der Waals surface area contributed by atoms with Gasteiger partial charge in [-0.1, -0.05) is 11.5 Å². The van der Waals surface area contributed by atoms with E-state index in [0.717, 1.165) is 24.4 Å². The molecule has 0 bridgehead atoms. The van der Waals surface area contributed by atoms with Crippen molar-refractivity contribution in [3.63, 3.8) is 0 Å². The van der Waals surface area contributed by atoms with E-state index in [4.69, 9.17) is 19.7 Å². The zero-order chi connectivity index (χ0) is 16.6. The fraction of sp³-hybridized carbons (Fsp3) is 0.471. The molecule has 2 rings (SSSR count). The van der Waals surface area contributed by atoms with Crippen LogP contribution < -0.4 is 0 Å². The number of hydrogen-bond donors (Lipinski definition) is 2. The van der Waals surface area contributed by atoms with Crippen LogP contribution in [0.1, 0.15) is 26.7 Å². The van der Waals surface area contributed by atoms with Gasteiger partial charge in [0.05, 0.1) is 13.2 Å². The average molecular weight is 457 g/mol. The van der Waals surface area contributed by atoms with Gasteiger partial charge in [-0.25, -0.2) is 12.2 Å². The van der Waals surface area contributed by atoms with E-state index in [-0.39, 0.29) is 38.0 Å². The van der Waals surface area contributed by atoms with Crippen LogP contribution in [0, 0.1) is 12.2 Å². The summed E-state index contributed by atoms with van der Waals surface area (Å²) < 4.78 is 11.5. The van der Waals surface area contributed by atoms with Gasteiger partial charge < -0.3 is 19.7 Å². The normalized spacial score (nSPS) is 13.1. The molecule has 4 nitrogen and oxygen atoms in total. The molecule has 0 aromatic carbocycles. The molecule has 0 saturated heterocycles. The summed E-state index contributed by atoms with van der Waals surface area (Å²) in [4.78, 5) is 0. The summed E-state index contributed by atoms with van der Waals surface area (Å²) in [5, 5.41) is 16.7. The van der Waals surface area contributed by atoms with E-state index in [1.165, 1.54) is 3.21 Å². The van der Waals surface area contributed by atoms with Gasteiger partial charge in [0.1, 0.15) is 13.2 Å². The van der Waals surface area contributed by atoms with Crippen LogP contribution in [0.3, 0.4) is 0 Å². The molecule has 0 aliphatic heterocycles. The zero-order valence-corrected chi connectivity index (χ0v) is 18.2. The quantitative estimate of drug-likeness (QED) is 0.604. The van der Waals surface area contributed by atoms with Crippen molar-refractivity contribution in [3.05, 3.63) is 48.0 Å². The molecule has 0 heterocycles. The molecule has 2 aliphatic carbocycles. The molecule has 0 radical (unpaired) electrons. The molecule has 0 unspecified atom stereocenters. The Morgan fingerprint density at radius 2 is 1.29 bits per heavy atom. The second-order valence-electron chi connectivity index (χ2n) is 4.44. The van der Waals surface area contributed by atoms with Gasteiger partial charge in [0.15, 0.2) is 0 Å². The molecule has 2 aliphatic rings. The van der Waals surface area contributed by atoms with Gasteiger partial charge >= 0.3 is 41.3 Å². The Balaban J connectivity index is -0.000000283. The first-order valence-corrected chi connectivity index (χ1v) is 8.36. The van der Waals surface area contributed by atoms with E-state index in [0.29, 0.717) is 13.2 Å². The van der Waals surface area contributed by atoms with Crippen molar-refractivity contribution in [1.29, 1.82) is 0 Å². The Labute approximate surface area is 172 Å². The maximum absolute atomic E-state index is 8.34. The van der Waals surface area contributed by atoms with Crippen molar-refractivity contribution in [2.45, 2.75) is 26.7 Å². The Kier molecular flexibility index (Phi) is 24.9. The number of hydrogen-bond acceptors (Lipinski definition) is 4. The number of aliphatic hydroxyl groups is 2. The standard InChI is InChI=1S/2C7H9O2.C3H6.2ClH.Zr/c2*8-5-6-9-7-3-1-2-4-7;1-3-2;;;/h2*1,3,8H,2,5-6H2;1-2H3;2*1H;/q2*-1;;;;+2. The monoisotopic (exact) mass is 454 g/mol. The molecule has 2 N–H and O–H groups in total. The first-order chi connectivity index (χ1) is 10.6. The Hall–Kier alpha value is -0.187. The fourth-order valence-electron chi connectivity index (χ4n) is 1.28. The number of allylic oxidation sites excluding steroid dienone is 6. The Bertz CT molecular complexity index is 394. The van der Waals surface area contributed by atoms with Crippen molar-refractivity contribution < 1.29 is 43.9 Å². The second kappa shape index (κ2) is 20.9. The first-order valence-electron chi connectivity index (χ1n) is 7.14. The predicted molar refractivity (Wildman–Crippen MR) is 98.0 cm³/mol. The number of ether oxygens (including phenoxy) is 2. The van der Waals surface area contributed by atoms with Gasteiger partial charge in [0.25, 0.3) is 0 Å². The van der Waals surface area contributed by atoms with Gasteiger partial charge in [0, 0.05) is 0 Å². The summed E-state index contributed by atoms with van der Waals surface area (Å²) in [5.41, 5.74) is 0. The first kappa shape index (κ1) is 28.6. The van der Waals surface area contributed by atoms with Crippen molar-refractivity contribution >= 4 is 28.0 Å². The maximum Gasteiger partial charge on any atom is 0.107 e. The van der Waals surface area contributed by atoms with E-state index in [2.05, 4.69) is 26.0 Å². The molecule has 0 aromatic heterocycles. The van der Waals surface area contributed by atoms with Gasteiger partial charge in [-0.3, -0.25) is 0 Å². The van der Waals surface area contributed by atoms with Crippen LogP contribution in [-0.2, 0) is 33.7 Å². The van der Waals surface area contributed by atoms with E-state index in [1.54, 1.807) is 24.2 Å². The molecule has 0 aromatic rings. The molecule has 0 spiro atoms. The topological polar surface area (TPSA) is 58.9 Å². The van der Waals surface area contributed by atoms with Crippen LogP contribution in [-0.4, -0.2) is 39.8 Å². The van der Waals surface area contributed by atoms with Crippen LogP contribution in [0.15, 0.2) is 35.8 Å². The third kappa shape index (κ3) is 19.9. The molecule has 0 fully saturated rings. The van der Waals surface area contributed by atoms with Crippen LogP contribution in [0.2, 0.25) is 0 Å². The van der Waals surface area contributed by atoms with E-state index < -0.39 is 0 Å². The number of rotatable bonds is 6. The summed E-state index contributed by atoms with van der Waals surface area (Å²) in [7, 11) is 0. The number of aliphatic hydroxyl groups excluding tert-OH is 2. The summed E-state index contributed by atoms with van der Waals surface area (Å²) in [6.45, 7) is 5.12. The summed E-state index contributed by atoms with van der Waals surface area (Å²) in [6.07, 6.45) is 15.2. The summed E-state index contributed by atoms with van der Waals surface area (Å²) >= 11 is 1.55. The van der Waals surface area contributed by atoms with Gasteiger partial charge in [-0.05, 0) is 0 Å².